The molecule has 0 aliphatic carbocycles. The van der Waals surface area contributed by atoms with Crippen LogP contribution in [0.5, 0.6) is 0 Å². The first-order valence-electron chi connectivity index (χ1n) is 6.47. The summed E-state index contributed by atoms with van der Waals surface area (Å²) >= 11 is 0. The van der Waals surface area contributed by atoms with E-state index in [0.29, 0.717) is 18.7 Å². The third kappa shape index (κ3) is 4.11. The molecule has 0 bridgehead atoms. The monoisotopic (exact) mass is 290 g/mol. The van der Waals surface area contributed by atoms with Crippen LogP contribution in [0.4, 0.5) is 18.9 Å². The summed E-state index contributed by atoms with van der Waals surface area (Å²) in [5.74, 6) is 0. The van der Waals surface area contributed by atoms with E-state index in [0.717, 1.165) is 17.8 Å². The molecule has 114 valence electrons. The van der Waals surface area contributed by atoms with E-state index in [1.165, 1.54) is 6.07 Å². The summed E-state index contributed by atoms with van der Waals surface area (Å²) in [4.78, 5) is 1.99. The summed E-state index contributed by atoms with van der Waals surface area (Å²) in [7, 11) is 1.59. The van der Waals surface area contributed by atoms with Crippen molar-refractivity contribution in [2.75, 3.05) is 25.2 Å². The predicted octanol–water partition coefficient (Wildman–Crippen LogP) is 3.03. The van der Waals surface area contributed by atoms with Crippen LogP contribution in [0.25, 0.3) is 0 Å². The first-order valence-corrected chi connectivity index (χ1v) is 6.47. The van der Waals surface area contributed by atoms with Gasteiger partial charge in [-0.3, -0.25) is 0 Å². The van der Waals surface area contributed by atoms with Gasteiger partial charge in [0.25, 0.3) is 0 Å². The van der Waals surface area contributed by atoms with Crippen LogP contribution in [-0.4, -0.2) is 26.3 Å². The van der Waals surface area contributed by atoms with Crippen LogP contribution in [0.15, 0.2) is 18.2 Å². The number of methoxy groups -OCH3 is 1. The Hall–Kier alpha value is -1.27. The average molecular weight is 290 g/mol. The second-order valence-electron chi connectivity index (χ2n) is 4.83. The molecule has 2 N–H and O–H groups in total. The lowest BCUT2D eigenvalue weighted by molar-refractivity contribution is -0.137. The first-order chi connectivity index (χ1) is 9.31. The molecule has 0 fully saturated rings. The molecule has 1 rings (SSSR count). The summed E-state index contributed by atoms with van der Waals surface area (Å²) in [6, 6.07) is 3.85. The lowest BCUT2D eigenvalue weighted by atomic mass is 10.1. The number of rotatable bonds is 6. The lowest BCUT2D eigenvalue weighted by Crippen LogP contribution is -2.35. The van der Waals surface area contributed by atoms with E-state index in [1.54, 1.807) is 7.11 Å². The van der Waals surface area contributed by atoms with Crippen molar-refractivity contribution in [3.8, 4) is 0 Å². The molecular weight excluding hydrogens is 269 g/mol. The van der Waals surface area contributed by atoms with E-state index in [1.807, 2.05) is 18.7 Å². The Bertz CT molecular complexity index is 433. The van der Waals surface area contributed by atoms with Gasteiger partial charge in [-0.05, 0) is 37.6 Å². The third-order valence-corrected chi connectivity index (χ3v) is 3.10. The average Bonchev–Trinajstić information content (AvgIpc) is 2.37. The van der Waals surface area contributed by atoms with Crippen molar-refractivity contribution in [2.24, 2.45) is 5.73 Å². The molecule has 0 heterocycles. The summed E-state index contributed by atoms with van der Waals surface area (Å²) < 4.78 is 43.2. The summed E-state index contributed by atoms with van der Waals surface area (Å²) in [6.45, 7) is 5.13. The minimum Gasteiger partial charge on any atom is -0.383 e. The Labute approximate surface area is 117 Å². The van der Waals surface area contributed by atoms with Crippen LogP contribution in [0, 0.1) is 0 Å². The Morgan fingerprint density at radius 1 is 1.30 bits per heavy atom. The lowest BCUT2D eigenvalue weighted by Gasteiger charge is -2.31. The van der Waals surface area contributed by atoms with Gasteiger partial charge in [0.15, 0.2) is 0 Å². The number of nitrogens with zero attached hydrogens (tertiary/aromatic N) is 1. The maximum atomic E-state index is 12.7. The van der Waals surface area contributed by atoms with E-state index >= 15 is 0 Å². The quantitative estimate of drug-likeness (QED) is 0.875. The zero-order chi connectivity index (χ0) is 15.3. The second-order valence-corrected chi connectivity index (χ2v) is 4.83. The van der Waals surface area contributed by atoms with Crippen molar-refractivity contribution in [3.05, 3.63) is 29.3 Å². The SMILES string of the molecule is COCCN(c1ccc(C(F)(F)F)cc1CN)C(C)C. The maximum absolute atomic E-state index is 12.7. The molecule has 0 amide bonds. The summed E-state index contributed by atoms with van der Waals surface area (Å²) in [6.07, 6.45) is -4.35. The van der Waals surface area contributed by atoms with Crippen molar-refractivity contribution in [1.29, 1.82) is 0 Å². The van der Waals surface area contributed by atoms with Gasteiger partial charge in [-0.2, -0.15) is 13.2 Å². The molecule has 0 aliphatic heterocycles. The van der Waals surface area contributed by atoms with E-state index in [9.17, 15) is 13.2 Å². The largest absolute Gasteiger partial charge is 0.416 e. The Morgan fingerprint density at radius 2 is 1.95 bits per heavy atom. The smallest absolute Gasteiger partial charge is 0.383 e. The third-order valence-electron chi connectivity index (χ3n) is 3.10. The highest BCUT2D eigenvalue weighted by atomic mass is 19.4. The molecule has 0 saturated carbocycles. The predicted molar refractivity (Wildman–Crippen MR) is 73.7 cm³/mol. The number of hydrogen-bond donors (Lipinski definition) is 1. The van der Waals surface area contributed by atoms with E-state index in [4.69, 9.17) is 10.5 Å². The van der Waals surface area contributed by atoms with Crippen LogP contribution >= 0.6 is 0 Å². The van der Waals surface area contributed by atoms with E-state index in [2.05, 4.69) is 0 Å². The molecule has 0 spiro atoms. The van der Waals surface area contributed by atoms with Crippen molar-refractivity contribution in [2.45, 2.75) is 32.6 Å². The van der Waals surface area contributed by atoms with Crippen molar-refractivity contribution in [1.82, 2.24) is 0 Å². The fourth-order valence-electron chi connectivity index (χ4n) is 2.05. The van der Waals surface area contributed by atoms with Gasteiger partial charge < -0.3 is 15.4 Å². The number of hydrogen-bond acceptors (Lipinski definition) is 3. The van der Waals surface area contributed by atoms with Gasteiger partial charge in [-0.1, -0.05) is 0 Å². The van der Waals surface area contributed by atoms with Gasteiger partial charge in [-0.15, -0.1) is 0 Å². The van der Waals surface area contributed by atoms with Crippen molar-refractivity contribution >= 4 is 5.69 Å². The Morgan fingerprint density at radius 3 is 2.40 bits per heavy atom. The maximum Gasteiger partial charge on any atom is 0.416 e. The van der Waals surface area contributed by atoms with Gasteiger partial charge in [0.05, 0.1) is 12.2 Å². The molecule has 0 aromatic heterocycles. The van der Waals surface area contributed by atoms with Crippen LogP contribution in [0.3, 0.4) is 0 Å². The molecule has 0 radical (unpaired) electrons. The Kier molecular flexibility index (Phi) is 5.83. The fraction of sp³-hybridized carbons (Fsp3) is 0.571. The van der Waals surface area contributed by atoms with E-state index in [-0.39, 0.29) is 12.6 Å². The van der Waals surface area contributed by atoms with Gasteiger partial charge >= 0.3 is 6.18 Å². The minimum atomic E-state index is -4.35. The van der Waals surface area contributed by atoms with Gasteiger partial charge in [-0.25, -0.2) is 0 Å². The number of nitrogens with two attached hydrogens (primary N) is 1. The number of anilines is 1. The second kappa shape index (κ2) is 6.95. The molecule has 0 atom stereocenters. The molecule has 0 saturated heterocycles. The molecule has 0 unspecified atom stereocenters. The molecule has 20 heavy (non-hydrogen) atoms. The molecule has 0 aliphatic rings. The minimum absolute atomic E-state index is 0.0649. The first kappa shape index (κ1) is 16.8. The Balaban J connectivity index is 3.15. The van der Waals surface area contributed by atoms with Crippen molar-refractivity contribution in [3.63, 3.8) is 0 Å². The summed E-state index contributed by atoms with van der Waals surface area (Å²) in [5.41, 5.74) is 6.15. The van der Waals surface area contributed by atoms with Crippen LogP contribution in [0.1, 0.15) is 25.0 Å². The zero-order valence-corrected chi connectivity index (χ0v) is 12.0. The standard InChI is InChI=1S/C14H21F3N2O/c1-10(2)19(6-7-20-3)13-5-4-12(14(15,16)17)8-11(13)9-18/h4-5,8,10H,6-7,9,18H2,1-3H3. The fourth-order valence-corrected chi connectivity index (χ4v) is 2.05. The van der Waals surface area contributed by atoms with Gasteiger partial charge in [0.2, 0.25) is 0 Å². The van der Waals surface area contributed by atoms with Gasteiger partial charge in [0.1, 0.15) is 0 Å². The topological polar surface area (TPSA) is 38.5 Å². The molecule has 3 nitrogen and oxygen atoms in total. The number of benzene rings is 1. The molecule has 1 aromatic rings. The van der Waals surface area contributed by atoms with E-state index < -0.39 is 11.7 Å². The highest BCUT2D eigenvalue weighted by molar-refractivity contribution is 5.56. The van der Waals surface area contributed by atoms with Crippen LogP contribution in [0.2, 0.25) is 0 Å². The summed E-state index contributed by atoms with van der Waals surface area (Å²) in [5, 5.41) is 0. The van der Waals surface area contributed by atoms with Crippen LogP contribution < -0.4 is 10.6 Å². The highest BCUT2D eigenvalue weighted by Crippen LogP contribution is 2.33. The highest BCUT2D eigenvalue weighted by Gasteiger charge is 2.31. The zero-order valence-electron chi connectivity index (χ0n) is 12.0. The van der Waals surface area contributed by atoms with Gasteiger partial charge in [0, 0.05) is 31.9 Å². The molecular formula is C14H21F3N2O. The number of ether oxygens (including phenoxy) is 1. The van der Waals surface area contributed by atoms with Crippen molar-refractivity contribution < 1.29 is 17.9 Å². The number of halogens is 3. The van der Waals surface area contributed by atoms with Crippen LogP contribution in [-0.2, 0) is 17.5 Å². The molecule has 6 heteroatoms. The normalized spacial score (nSPS) is 12.0. The molecule has 1 aromatic carbocycles. The number of alkyl halides is 3.